The number of halogens is 2. The fourth-order valence-corrected chi connectivity index (χ4v) is 3.31. The Kier molecular flexibility index (Phi) is 5.13. The fourth-order valence-electron chi connectivity index (χ4n) is 1.98. The highest BCUT2D eigenvalue weighted by molar-refractivity contribution is 9.11. The molecule has 0 bridgehead atoms. The lowest BCUT2D eigenvalue weighted by Gasteiger charge is -2.19. The van der Waals surface area contributed by atoms with E-state index >= 15 is 0 Å². The Morgan fingerprint density at radius 3 is 2.47 bits per heavy atom. The SMILES string of the molecule is CCCNC(c1cc(Br)cc(Br)c1)c1cnnn1C. The molecule has 1 unspecified atom stereocenters. The molecule has 4 nitrogen and oxygen atoms in total. The normalized spacial score (nSPS) is 12.6. The molecule has 1 aromatic heterocycles. The zero-order valence-corrected chi connectivity index (χ0v) is 14.1. The van der Waals surface area contributed by atoms with Crippen LogP contribution in [-0.4, -0.2) is 21.5 Å². The summed E-state index contributed by atoms with van der Waals surface area (Å²) in [7, 11) is 1.91. The van der Waals surface area contributed by atoms with Gasteiger partial charge < -0.3 is 5.32 Å². The van der Waals surface area contributed by atoms with Gasteiger partial charge in [0, 0.05) is 16.0 Å². The molecule has 0 radical (unpaired) electrons. The van der Waals surface area contributed by atoms with E-state index in [4.69, 9.17) is 0 Å². The van der Waals surface area contributed by atoms with Crippen LogP contribution in [0.5, 0.6) is 0 Å². The highest BCUT2D eigenvalue weighted by Crippen LogP contribution is 2.27. The molecule has 1 atom stereocenters. The van der Waals surface area contributed by atoms with E-state index in [0.717, 1.165) is 27.6 Å². The summed E-state index contributed by atoms with van der Waals surface area (Å²) in [6, 6.07) is 6.35. The minimum Gasteiger partial charge on any atom is -0.305 e. The van der Waals surface area contributed by atoms with E-state index in [2.05, 4.69) is 66.5 Å². The first-order valence-electron chi connectivity index (χ1n) is 6.15. The fraction of sp³-hybridized carbons (Fsp3) is 0.385. The van der Waals surface area contributed by atoms with Crippen molar-refractivity contribution in [2.75, 3.05) is 6.54 Å². The van der Waals surface area contributed by atoms with Crippen molar-refractivity contribution in [1.29, 1.82) is 0 Å². The Labute approximate surface area is 129 Å². The molecule has 19 heavy (non-hydrogen) atoms. The minimum absolute atomic E-state index is 0.0914. The van der Waals surface area contributed by atoms with E-state index in [0.29, 0.717) is 0 Å². The van der Waals surface area contributed by atoms with Crippen LogP contribution >= 0.6 is 31.9 Å². The molecule has 0 fully saturated rings. The summed E-state index contributed by atoms with van der Waals surface area (Å²) < 4.78 is 3.91. The molecule has 6 heteroatoms. The van der Waals surface area contributed by atoms with Crippen molar-refractivity contribution in [3.05, 3.63) is 44.6 Å². The lowest BCUT2D eigenvalue weighted by atomic mass is 10.0. The summed E-state index contributed by atoms with van der Waals surface area (Å²) in [6.07, 6.45) is 2.89. The predicted molar refractivity (Wildman–Crippen MR) is 83.0 cm³/mol. The minimum atomic E-state index is 0.0914. The molecule has 0 saturated carbocycles. The quantitative estimate of drug-likeness (QED) is 0.854. The smallest absolute Gasteiger partial charge is 0.0798 e. The van der Waals surface area contributed by atoms with Crippen LogP contribution in [0.15, 0.2) is 33.3 Å². The Balaban J connectivity index is 2.39. The zero-order chi connectivity index (χ0) is 13.8. The van der Waals surface area contributed by atoms with E-state index in [1.54, 1.807) is 0 Å². The molecular formula is C13H16Br2N4. The molecule has 2 rings (SSSR count). The summed E-state index contributed by atoms with van der Waals surface area (Å²) in [4.78, 5) is 0. The van der Waals surface area contributed by atoms with Crippen LogP contribution in [0.1, 0.15) is 30.6 Å². The van der Waals surface area contributed by atoms with Crippen molar-refractivity contribution >= 4 is 31.9 Å². The van der Waals surface area contributed by atoms with Gasteiger partial charge in [0.2, 0.25) is 0 Å². The van der Waals surface area contributed by atoms with Gasteiger partial charge in [-0.2, -0.15) is 0 Å². The molecule has 1 aromatic carbocycles. The predicted octanol–water partition coefficient (Wildman–Crippen LogP) is 3.43. The number of benzene rings is 1. The van der Waals surface area contributed by atoms with Gasteiger partial charge in [0.1, 0.15) is 0 Å². The molecule has 0 aliphatic rings. The first-order chi connectivity index (χ1) is 9.11. The average Bonchev–Trinajstić information content (AvgIpc) is 2.75. The third-order valence-corrected chi connectivity index (χ3v) is 3.78. The second kappa shape index (κ2) is 6.63. The van der Waals surface area contributed by atoms with Crippen molar-refractivity contribution in [1.82, 2.24) is 20.3 Å². The first kappa shape index (κ1) is 14.7. The van der Waals surface area contributed by atoms with Gasteiger partial charge in [-0.15, -0.1) is 5.10 Å². The van der Waals surface area contributed by atoms with Crippen molar-refractivity contribution < 1.29 is 0 Å². The number of hydrogen-bond acceptors (Lipinski definition) is 3. The monoisotopic (exact) mass is 386 g/mol. The van der Waals surface area contributed by atoms with E-state index in [9.17, 15) is 0 Å². The third kappa shape index (κ3) is 3.64. The third-order valence-electron chi connectivity index (χ3n) is 2.86. The van der Waals surface area contributed by atoms with E-state index < -0.39 is 0 Å². The maximum Gasteiger partial charge on any atom is 0.0798 e. The number of aryl methyl sites for hydroxylation is 1. The number of aromatic nitrogens is 3. The lowest BCUT2D eigenvalue weighted by Crippen LogP contribution is -2.25. The molecule has 1 N–H and O–H groups in total. The van der Waals surface area contributed by atoms with Crippen LogP contribution in [0.2, 0.25) is 0 Å². The van der Waals surface area contributed by atoms with Crippen molar-refractivity contribution in [3.63, 3.8) is 0 Å². The van der Waals surface area contributed by atoms with Gasteiger partial charge in [-0.05, 0) is 36.7 Å². The molecule has 0 aliphatic heterocycles. The molecular weight excluding hydrogens is 372 g/mol. The number of nitrogens with one attached hydrogen (secondary N) is 1. The standard InChI is InChI=1S/C13H16Br2N4/c1-3-4-16-13(12-8-17-18-19(12)2)9-5-10(14)7-11(15)6-9/h5-8,13,16H,3-4H2,1-2H3. The van der Waals surface area contributed by atoms with E-state index in [1.165, 1.54) is 5.56 Å². The van der Waals surface area contributed by atoms with Crippen LogP contribution in [0.25, 0.3) is 0 Å². The van der Waals surface area contributed by atoms with Crippen molar-refractivity contribution in [2.24, 2.45) is 7.05 Å². The van der Waals surface area contributed by atoms with Crippen molar-refractivity contribution in [2.45, 2.75) is 19.4 Å². The largest absolute Gasteiger partial charge is 0.305 e. The maximum atomic E-state index is 4.02. The average molecular weight is 388 g/mol. The molecule has 102 valence electrons. The summed E-state index contributed by atoms with van der Waals surface area (Å²) in [5.41, 5.74) is 2.23. The highest BCUT2D eigenvalue weighted by Gasteiger charge is 2.18. The second-order valence-electron chi connectivity index (χ2n) is 4.37. The van der Waals surface area contributed by atoms with Crippen LogP contribution in [0.4, 0.5) is 0 Å². The summed E-state index contributed by atoms with van der Waals surface area (Å²) >= 11 is 7.07. The zero-order valence-electron chi connectivity index (χ0n) is 10.9. The van der Waals surface area contributed by atoms with E-state index in [-0.39, 0.29) is 6.04 Å². The molecule has 0 aliphatic carbocycles. The summed E-state index contributed by atoms with van der Waals surface area (Å²) in [6.45, 7) is 3.10. The van der Waals surface area contributed by atoms with Crippen LogP contribution in [0.3, 0.4) is 0 Å². The van der Waals surface area contributed by atoms with Gasteiger partial charge in [-0.25, -0.2) is 0 Å². The lowest BCUT2D eigenvalue weighted by molar-refractivity contribution is 0.550. The van der Waals surface area contributed by atoms with E-state index in [1.807, 2.05) is 24.0 Å². The molecule has 0 amide bonds. The summed E-state index contributed by atoms with van der Waals surface area (Å²) in [5.74, 6) is 0. The molecule has 2 aromatic rings. The van der Waals surface area contributed by atoms with Gasteiger partial charge in [0.25, 0.3) is 0 Å². The van der Waals surface area contributed by atoms with Crippen molar-refractivity contribution in [3.8, 4) is 0 Å². The molecule has 0 saturated heterocycles. The van der Waals surface area contributed by atoms with Crippen LogP contribution in [0, 0.1) is 0 Å². The van der Waals surface area contributed by atoms with Crippen LogP contribution in [-0.2, 0) is 7.05 Å². The van der Waals surface area contributed by atoms with Gasteiger partial charge >= 0.3 is 0 Å². The first-order valence-corrected chi connectivity index (χ1v) is 7.74. The second-order valence-corrected chi connectivity index (χ2v) is 6.20. The Hall–Kier alpha value is -0.720. The van der Waals surface area contributed by atoms with Gasteiger partial charge in [-0.3, -0.25) is 4.68 Å². The van der Waals surface area contributed by atoms with Gasteiger partial charge in [0.05, 0.1) is 17.9 Å². The number of hydrogen-bond donors (Lipinski definition) is 1. The molecule has 0 spiro atoms. The molecule has 1 heterocycles. The summed E-state index contributed by atoms with van der Waals surface area (Å²) in [5, 5.41) is 11.5. The topological polar surface area (TPSA) is 42.7 Å². The highest BCUT2D eigenvalue weighted by atomic mass is 79.9. The van der Waals surface area contributed by atoms with Crippen LogP contribution < -0.4 is 5.32 Å². The van der Waals surface area contributed by atoms with Gasteiger partial charge in [-0.1, -0.05) is 44.0 Å². The Morgan fingerprint density at radius 2 is 1.95 bits per heavy atom. The number of nitrogens with zero attached hydrogens (tertiary/aromatic N) is 3. The Bertz CT molecular complexity index is 533. The number of rotatable bonds is 5. The Morgan fingerprint density at radius 1 is 1.26 bits per heavy atom. The van der Waals surface area contributed by atoms with Gasteiger partial charge in [0.15, 0.2) is 0 Å². The maximum absolute atomic E-state index is 4.02.